The normalized spacial score (nSPS) is 10.8. The van der Waals surface area contributed by atoms with E-state index < -0.39 is 5.91 Å². The molecular formula is C19H19N3O2. The molecule has 1 amide bonds. The maximum atomic E-state index is 12.0. The van der Waals surface area contributed by atoms with E-state index in [1.165, 1.54) is 29.5 Å². The van der Waals surface area contributed by atoms with Crippen molar-refractivity contribution < 1.29 is 9.90 Å². The minimum atomic E-state index is -0.494. The Morgan fingerprint density at radius 2 is 2.00 bits per heavy atom. The molecule has 2 aromatic carbocycles. The Morgan fingerprint density at radius 3 is 2.67 bits per heavy atom. The summed E-state index contributed by atoms with van der Waals surface area (Å²) in [6, 6.07) is 16.1. The molecule has 0 saturated heterocycles. The standard InChI is InChI=1S/C19H19N3O2/c1-14-3-2-4-15(11-14)9-10-21-13-16(12-20)19(24)22-17-5-7-18(23)8-6-17/h2-8,11,13,21,23H,9-10H2,1H3,(H,22,24)/b16-13-. The Hall–Kier alpha value is -3.26. The number of hydrogen-bond acceptors (Lipinski definition) is 4. The minimum Gasteiger partial charge on any atom is -0.508 e. The zero-order chi connectivity index (χ0) is 17.4. The first-order chi connectivity index (χ1) is 11.6. The molecule has 0 saturated carbocycles. The fraction of sp³-hybridized carbons (Fsp3) is 0.158. The van der Waals surface area contributed by atoms with E-state index in [1.807, 2.05) is 31.2 Å². The summed E-state index contributed by atoms with van der Waals surface area (Å²) in [7, 11) is 0. The Morgan fingerprint density at radius 1 is 1.25 bits per heavy atom. The monoisotopic (exact) mass is 321 g/mol. The summed E-state index contributed by atoms with van der Waals surface area (Å²) >= 11 is 0. The van der Waals surface area contributed by atoms with Gasteiger partial charge in [-0.3, -0.25) is 4.79 Å². The van der Waals surface area contributed by atoms with Crippen molar-refractivity contribution in [1.29, 1.82) is 5.26 Å². The van der Waals surface area contributed by atoms with Crippen LogP contribution in [0.5, 0.6) is 5.75 Å². The van der Waals surface area contributed by atoms with Gasteiger partial charge in [-0.1, -0.05) is 29.8 Å². The van der Waals surface area contributed by atoms with E-state index in [-0.39, 0.29) is 11.3 Å². The summed E-state index contributed by atoms with van der Waals surface area (Å²) in [4.78, 5) is 12.0. The maximum Gasteiger partial charge on any atom is 0.267 e. The van der Waals surface area contributed by atoms with Crippen LogP contribution in [0.2, 0.25) is 0 Å². The van der Waals surface area contributed by atoms with Gasteiger partial charge in [0, 0.05) is 18.4 Å². The summed E-state index contributed by atoms with van der Waals surface area (Å²) < 4.78 is 0. The zero-order valence-electron chi connectivity index (χ0n) is 13.4. The molecule has 122 valence electrons. The van der Waals surface area contributed by atoms with Crippen LogP contribution in [0.4, 0.5) is 5.69 Å². The summed E-state index contributed by atoms with van der Waals surface area (Å²) in [6.07, 6.45) is 2.22. The molecule has 0 radical (unpaired) electrons. The third-order valence-corrected chi connectivity index (χ3v) is 3.38. The molecule has 0 aromatic heterocycles. The molecule has 3 N–H and O–H groups in total. The number of nitriles is 1. The Kier molecular flexibility index (Phi) is 5.98. The van der Waals surface area contributed by atoms with Gasteiger partial charge in [-0.05, 0) is 43.2 Å². The quantitative estimate of drug-likeness (QED) is 0.330. The predicted octanol–water partition coefficient (Wildman–Crippen LogP) is 2.88. The van der Waals surface area contributed by atoms with Gasteiger partial charge >= 0.3 is 0 Å². The van der Waals surface area contributed by atoms with Gasteiger partial charge in [-0.2, -0.15) is 5.26 Å². The van der Waals surface area contributed by atoms with Crippen LogP contribution in [0.3, 0.4) is 0 Å². The molecule has 0 atom stereocenters. The lowest BCUT2D eigenvalue weighted by Gasteiger charge is -2.06. The number of aryl methyl sites for hydroxylation is 1. The Labute approximate surface area is 141 Å². The molecule has 5 heteroatoms. The van der Waals surface area contributed by atoms with Gasteiger partial charge < -0.3 is 15.7 Å². The van der Waals surface area contributed by atoms with E-state index in [1.54, 1.807) is 12.1 Å². The molecule has 2 rings (SSSR count). The first-order valence-corrected chi connectivity index (χ1v) is 7.58. The number of phenols is 1. The number of benzene rings is 2. The van der Waals surface area contributed by atoms with E-state index in [0.29, 0.717) is 12.2 Å². The van der Waals surface area contributed by atoms with E-state index in [0.717, 1.165) is 6.42 Å². The molecule has 2 aromatic rings. The van der Waals surface area contributed by atoms with Crippen molar-refractivity contribution in [3.8, 4) is 11.8 Å². The molecular weight excluding hydrogens is 302 g/mol. The highest BCUT2D eigenvalue weighted by molar-refractivity contribution is 6.06. The molecule has 5 nitrogen and oxygen atoms in total. The number of rotatable bonds is 6. The first kappa shape index (κ1) is 17.1. The van der Waals surface area contributed by atoms with Crippen LogP contribution in [0.15, 0.2) is 60.3 Å². The molecule has 0 spiro atoms. The van der Waals surface area contributed by atoms with Crippen LogP contribution >= 0.6 is 0 Å². The third-order valence-electron chi connectivity index (χ3n) is 3.38. The number of carbonyl (C=O) groups is 1. The fourth-order valence-electron chi connectivity index (χ4n) is 2.15. The van der Waals surface area contributed by atoms with Gasteiger partial charge in [-0.15, -0.1) is 0 Å². The molecule has 0 unspecified atom stereocenters. The lowest BCUT2D eigenvalue weighted by molar-refractivity contribution is -0.112. The van der Waals surface area contributed by atoms with Gasteiger partial charge in [0.2, 0.25) is 0 Å². The molecule has 0 heterocycles. The van der Waals surface area contributed by atoms with Gasteiger partial charge in [0.1, 0.15) is 17.4 Å². The first-order valence-electron chi connectivity index (χ1n) is 7.58. The van der Waals surface area contributed by atoms with E-state index in [2.05, 4.69) is 16.7 Å². The van der Waals surface area contributed by atoms with Crippen molar-refractivity contribution in [1.82, 2.24) is 5.32 Å². The van der Waals surface area contributed by atoms with Crippen LogP contribution in [-0.4, -0.2) is 17.6 Å². The average Bonchev–Trinajstić information content (AvgIpc) is 2.57. The molecule has 0 aliphatic carbocycles. The van der Waals surface area contributed by atoms with Crippen LogP contribution in [0, 0.1) is 18.3 Å². The Bertz CT molecular complexity index is 774. The van der Waals surface area contributed by atoms with Gasteiger partial charge in [0.05, 0.1) is 0 Å². The number of phenolic OH excluding ortho intramolecular Hbond substituents is 1. The second kappa shape index (κ2) is 8.39. The lowest BCUT2D eigenvalue weighted by Crippen LogP contribution is -2.18. The van der Waals surface area contributed by atoms with Crippen LogP contribution in [-0.2, 0) is 11.2 Å². The van der Waals surface area contributed by atoms with Crippen molar-refractivity contribution >= 4 is 11.6 Å². The number of hydrogen-bond donors (Lipinski definition) is 3. The second-order valence-corrected chi connectivity index (χ2v) is 5.36. The number of nitrogens with zero attached hydrogens (tertiary/aromatic N) is 1. The molecule has 24 heavy (non-hydrogen) atoms. The lowest BCUT2D eigenvalue weighted by atomic mass is 10.1. The highest BCUT2D eigenvalue weighted by atomic mass is 16.3. The van der Waals surface area contributed by atoms with E-state index >= 15 is 0 Å². The minimum absolute atomic E-state index is 0.00711. The second-order valence-electron chi connectivity index (χ2n) is 5.36. The molecule has 0 bridgehead atoms. The van der Waals surface area contributed by atoms with Crippen molar-refractivity contribution in [2.75, 3.05) is 11.9 Å². The van der Waals surface area contributed by atoms with Crippen LogP contribution in [0.1, 0.15) is 11.1 Å². The molecule has 0 aliphatic heterocycles. The Balaban J connectivity index is 1.87. The largest absolute Gasteiger partial charge is 0.508 e. The predicted molar refractivity (Wildman–Crippen MR) is 93.3 cm³/mol. The van der Waals surface area contributed by atoms with E-state index in [4.69, 9.17) is 5.26 Å². The summed E-state index contributed by atoms with van der Waals surface area (Å²) in [6.45, 7) is 2.67. The third kappa shape index (κ3) is 5.18. The van der Waals surface area contributed by atoms with E-state index in [9.17, 15) is 9.90 Å². The fourth-order valence-corrected chi connectivity index (χ4v) is 2.15. The summed E-state index contributed by atoms with van der Waals surface area (Å²) in [5.41, 5.74) is 2.91. The number of nitrogens with one attached hydrogen (secondary N) is 2. The number of carbonyl (C=O) groups excluding carboxylic acids is 1. The molecule has 0 fully saturated rings. The summed E-state index contributed by atoms with van der Waals surface area (Å²) in [5.74, 6) is -0.381. The smallest absolute Gasteiger partial charge is 0.267 e. The number of amides is 1. The maximum absolute atomic E-state index is 12.0. The average molecular weight is 321 g/mol. The highest BCUT2D eigenvalue weighted by Crippen LogP contribution is 2.14. The highest BCUT2D eigenvalue weighted by Gasteiger charge is 2.08. The van der Waals surface area contributed by atoms with Gasteiger partial charge in [0.25, 0.3) is 5.91 Å². The van der Waals surface area contributed by atoms with Crippen molar-refractivity contribution in [3.63, 3.8) is 0 Å². The molecule has 0 aliphatic rings. The van der Waals surface area contributed by atoms with Crippen LogP contribution in [0.25, 0.3) is 0 Å². The summed E-state index contributed by atoms with van der Waals surface area (Å²) in [5, 5.41) is 23.9. The van der Waals surface area contributed by atoms with Gasteiger partial charge in [-0.25, -0.2) is 0 Å². The van der Waals surface area contributed by atoms with Crippen LogP contribution < -0.4 is 10.6 Å². The number of aromatic hydroxyl groups is 1. The topological polar surface area (TPSA) is 85.2 Å². The SMILES string of the molecule is Cc1cccc(CCN/C=C(/C#N)C(=O)Nc2ccc(O)cc2)c1. The van der Waals surface area contributed by atoms with Crippen molar-refractivity contribution in [2.45, 2.75) is 13.3 Å². The van der Waals surface area contributed by atoms with Gasteiger partial charge in [0.15, 0.2) is 0 Å². The van der Waals surface area contributed by atoms with Crippen molar-refractivity contribution in [3.05, 3.63) is 71.4 Å². The zero-order valence-corrected chi connectivity index (χ0v) is 13.4. The number of anilines is 1. The van der Waals surface area contributed by atoms with Crippen molar-refractivity contribution in [2.24, 2.45) is 0 Å².